The lowest BCUT2D eigenvalue weighted by molar-refractivity contribution is -0.459. The van der Waals surface area contributed by atoms with E-state index in [-0.39, 0.29) is 24.5 Å². The van der Waals surface area contributed by atoms with Gasteiger partial charge in [0.05, 0.1) is 24.4 Å². The fourth-order valence-corrected chi connectivity index (χ4v) is 11.8. The van der Waals surface area contributed by atoms with Gasteiger partial charge in [0.1, 0.15) is 47.3 Å². The van der Waals surface area contributed by atoms with Gasteiger partial charge in [-0.3, -0.25) is 4.79 Å². The van der Waals surface area contributed by atoms with Gasteiger partial charge in [-0.05, 0) is 55.2 Å². The minimum atomic E-state index is -2.24. The Hall–Kier alpha value is -2.42. The highest BCUT2D eigenvalue weighted by Crippen LogP contribution is 2.75. The van der Waals surface area contributed by atoms with Gasteiger partial charge >= 0.3 is 17.9 Å². The van der Waals surface area contributed by atoms with Gasteiger partial charge in [-0.2, -0.15) is 0 Å². The number of hydrogen-bond donors (Lipinski definition) is 4. The summed E-state index contributed by atoms with van der Waals surface area (Å²) in [4.78, 5) is 26.4. The smallest absolute Gasteiger partial charge is 0.338 e. The molecule has 1 aromatic carbocycles. The summed E-state index contributed by atoms with van der Waals surface area (Å²) in [7, 11) is 0. The second kappa shape index (κ2) is 12.0. The van der Waals surface area contributed by atoms with Gasteiger partial charge in [-0.25, -0.2) is 4.79 Å². The van der Waals surface area contributed by atoms with Crippen LogP contribution < -0.4 is 0 Å². The van der Waals surface area contributed by atoms with Crippen LogP contribution in [0.1, 0.15) is 83.0 Å². The number of aliphatic hydroxyl groups is 4. The highest BCUT2D eigenvalue weighted by Gasteiger charge is 2.91. The van der Waals surface area contributed by atoms with E-state index in [1.807, 2.05) is 13.8 Å². The molecule has 3 aliphatic carbocycles. The van der Waals surface area contributed by atoms with Gasteiger partial charge in [0.15, 0.2) is 0 Å². The highest BCUT2D eigenvalue weighted by molar-refractivity contribution is 5.89. The highest BCUT2D eigenvalue weighted by atomic mass is 16.9. The van der Waals surface area contributed by atoms with E-state index < -0.39 is 107 Å². The maximum absolute atomic E-state index is 13.9. The molecule has 4 heterocycles. The number of aliphatic hydroxyl groups excluding tert-OH is 3. The molecule has 4 saturated heterocycles. The van der Waals surface area contributed by atoms with Crippen molar-refractivity contribution >= 4 is 11.9 Å². The van der Waals surface area contributed by atoms with Crippen LogP contribution in [-0.4, -0.2) is 104 Å². The number of epoxide rings is 1. The zero-order valence-corrected chi connectivity index (χ0v) is 29.9. The minimum Gasteiger partial charge on any atom is -0.465 e. The van der Waals surface area contributed by atoms with Crippen molar-refractivity contribution in [2.45, 2.75) is 132 Å². The van der Waals surface area contributed by atoms with Gasteiger partial charge in [-0.15, -0.1) is 0 Å². The first kappa shape index (κ1) is 35.6. The van der Waals surface area contributed by atoms with Crippen molar-refractivity contribution in [2.75, 3.05) is 13.2 Å². The van der Waals surface area contributed by atoms with Gasteiger partial charge in [0.2, 0.25) is 0 Å². The normalized spacial score (nSPS) is 50.9. The molecule has 8 rings (SSSR count). The number of ether oxygens (including phenoxy) is 6. The maximum atomic E-state index is 13.9. The average Bonchev–Trinajstić information content (AvgIpc) is 3.74. The summed E-state index contributed by atoms with van der Waals surface area (Å²) in [6.45, 7) is 10.8. The fraction of sp³-hybridized carbons (Fsp3) is 0.744. The average molecular weight is 713 g/mol. The summed E-state index contributed by atoms with van der Waals surface area (Å²) in [6.07, 6.45) is -1.27. The van der Waals surface area contributed by atoms with Crippen LogP contribution in [0.3, 0.4) is 0 Å². The van der Waals surface area contributed by atoms with E-state index in [4.69, 9.17) is 28.4 Å². The van der Waals surface area contributed by atoms with Crippen LogP contribution in [0, 0.1) is 35.5 Å². The van der Waals surface area contributed by atoms with Crippen molar-refractivity contribution < 1.29 is 58.4 Å². The molecular weight excluding hydrogens is 660 g/mol. The Bertz CT molecular complexity index is 1570. The third-order valence-electron chi connectivity index (χ3n) is 14.0. The van der Waals surface area contributed by atoms with Crippen LogP contribution >= 0.6 is 0 Å². The van der Waals surface area contributed by atoms with E-state index in [1.54, 1.807) is 30.3 Å². The number of rotatable bonds is 6. The second-order valence-corrected chi connectivity index (χ2v) is 16.6. The molecule has 0 aromatic heterocycles. The first-order valence-electron chi connectivity index (χ1n) is 18.7. The number of carbonyl (C=O) groups is 2. The van der Waals surface area contributed by atoms with Gasteiger partial charge in [-0.1, -0.05) is 70.7 Å². The Kier molecular flexibility index (Phi) is 8.41. The lowest BCUT2D eigenvalue weighted by Gasteiger charge is -2.62. The molecule has 280 valence electrons. The standard InChI is InChI=1S/C39H52O12/c1-20(2)35-17-25(18-46-23(5)41)38-28-31(35)49-39(50-35,51-38)26(42)16-12-7-6-9-13-21(3)27-22(4)30(47-33(43)24-14-10-8-11-15-24)37(45,29(27)38)34(44)36(19-40)32(28)48-36/h8,10-11,14-15,21-22,25-32,34,40,42,44-45H,1,6-7,9,12-13,16-19H2,2-5H3/t21-,22+,25+,26-,27+,28-,29-,30+,31-,32+,34-,35-,36+,37-,38-,39+/m1/s1. The van der Waals surface area contributed by atoms with Gasteiger partial charge < -0.3 is 48.8 Å². The molecule has 12 heteroatoms. The number of benzene rings is 1. The Morgan fingerprint density at radius 3 is 2.35 bits per heavy atom. The molecule has 7 aliphatic rings. The molecular formula is C39H52O12. The Morgan fingerprint density at radius 1 is 0.980 bits per heavy atom. The van der Waals surface area contributed by atoms with Crippen molar-refractivity contribution in [1.82, 2.24) is 0 Å². The monoisotopic (exact) mass is 712 g/mol. The van der Waals surface area contributed by atoms with Crippen molar-refractivity contribution in [3.8, 4) is 0 Å². The fourth-order valence-electron chi connectivity index (χ4n) is 11.8. The summed E-state index contributed by atoms with van der Waals surface area (Å²) in [5, 5.41) is 49.5. The van der Waals surface area contributed by atoms with Crippen LogP contribution in [0.4, 0.5) is 0 Å². The molecule has 4 aliphatic heterocycles. The number of hydrogen-bond acceptors (Lipinski definition) is 12. The van der Waals surface area contributed by atoms with Crippen LogP contribution in [0.5, 0.6) is 0 Å². The van der Waals surface area contributed by atoms with Crippen LogP contribution in [-0.2, 0) is 33.2 Å². The third kappa shape index (κ3) is 4.66. The van der Waals surface area contributed by atoms with Crippen LogP contribution in [0.25, 0.3) is 0 Å². The van der Waals surface area contributed by atoms with Gasteiger partial charge in [0.25, 0.3) is 0 Å². The van der Waals surface area contributed by atoms with Crippen LogP contribution in [0.15, 0.2) is 42.5 Å². The largest absolute Gasteiger partial charge is 0.465 e. The summed E-state index contributed by atoms with van der Waals surface area (Å²) in [5.74, 6) is -6.61. The SMILES string of the molecule is C=C(C)[C@]12C[C@@H](COC(C)=O)[C@@]34O[C@@]5(O[C@@H]1[C@@H]3[C@@H]1O[C@]1(CO)[C@@H](O)[C@@]1(O)[C@H]4[C@H]([C@H](C)[C@@H]1OC(=O)c1ccccc1)[C@H](C)CCCCCC[C@H]5O)O2. The summed E-state index contributed by atoms with van der Waals surface area (Å²) >= 11 is 0. The molecule has 0 amide bonds. The first-order chi connectivity index (χ1) is 24.2. The van der Waals surface area contributed by atoms with E-state index >= 15 is 0 Å². The predicted molar refractivity (Wildman–Crippen MR) is 179 cm³/mol. The summed E-state index contributed by atoms with van der Waals surface area (Å²) < 4.78 is 39.6. The number of fused-ring (bicyclic) bond motifs is 1. The first-order valence-corrected chi connectivity index (χ1v) is 18.7. The van der Waals surface area contributed by atoms with Crippen molar-refractivity contribution in [3.63, 3.8) is 0 Å². The molecule has 3 saturated carbocycles. The molecule has 0 unspecified atom stereocenters. The van der Waals surface area contributed by atoms with E-state index in [9.17, 15) is 30.0 Å². The third-order valence-corrected chi connectivity index (χ3v) is 14.0. The quantitative estimate of drug-likeness (QED) is 0.193. The van der Waals surface area contributed by atoms with Gasteiger partial charge in [0, 0.05) is 24.7 Å². The topological polar surface area (TPSA) is 174 Å². The molecule has 16 atom stereocenters. The van der Waals surface area contributed by atoms with E-state index in [2.05, 4.69) is 13.5 Å². The van der Waals surface area contributed by atoms with Crippen molar-refractivity contribution in [1.29, 1.82) is 0 Å². The maximum Gasteiger partial charge on any atom is 0.338 e. The number of carbonyl (C=O) groups excluding carboxylic acids is 2. The van der Waals surface area contributed by atoms with E-state index in [0.29, 0.717) is 18.4 Å². The summed E-state index contributed by atoms with van der Waals surface area (Å²) in [5.41, 5.74) is -5.76. The molecule has 2 spiro atoms. The summed E-state index contributed by atoms with van der Waals surface area (Å²) in [6, 6.07) is 8.49. The van der Waals surface area contributed by atoms with E-state index in [1.165, 1.54) is 6.92 Å². The minimum absolute atomic E-state index is 0.0616. The van der Waals surface area contributed by atoms with Crippen LogP contribution in [0.2, 0.25) is 0 Å². The Morgan fingerprint density at radius 2 is 1.69 bits per heavy atom. The second-order valence-electron chi connectivity index (χ2n) is 16.6. The molecule has 1 aromatic rings. The zero-order valence-electron chi connectivity index (χ0n) is 29.9. The number of esters is 2. The molecule has 51 heavy (non-hydrogen) atoms. The molecule has 3 bridgehead atoms. The van der Waals surface area contributed by atoms with E-state index in [0.717, 1.165) is 25.7 Å². The molecule has 7 fully saturated rings. The van der Waals surface area contributed by atoms with Crippen molar-refractivity contribution in [3.05, 3.63) is 48.0 Å². The van der Waals surface area contributed by atoms with Crippen molar-refractivity contribution in [2.24, 2.45) is 35.5 Å². The Balaban J connectivity index is 1.40. The molecule has 4 N–H and O–H groups in total. The zero-order chi connectivity index (χ0) is 36.3. The predicted octanol–water partition coefficient (Wildman–Crippen LogP) is 3.03. The molecule has 12 nitrogen and oxygen atoms in total. The lowest BCUT2D eigenvalue weighted by atomic mass is 9.51. The Labute approximate surface area is 298 Å². The lowest BCUT2D eigenvalue weighted by Crippen LogP contribution is -2.75. The molecule has 0 radical (unpaired) electrons.